The van der Waals surface area contributed by atoms with Crippen molar-refractivity contribution in [3.63, 3.8) is 0 Å². The minimum Gasteiger partial charge on any atom is -0.0888 e. The van der Waals surface area contributed by atoms with E-state index in [4.69, 9.17) is 0 Å². The van der Waals surface area contributed by atoms with E-state index >= 15 is 0 Å². The Hall–Kier alpha value is -5.63. The molecule has 0 atom stereocenters. The van der Waals surface area contributed by atoms with Crippen molar-refractivity contribution in [1.82, 2.24) is 0 Å². The standard InChI is InChI=1S/C46H28S/c1-2-10-33-27-34(24-21-29(33)9-1)30-19-22-32(23-20-30)44-38-13-3-5-15-40(38)45(41-16-6-4-14-39(41)44)35-25-26-36-37-17-7-11-31-12-8-18-42(46(31)37)47-43(36)28-35/h1-28H. The molecule has 0 saturated carbocycles. The van der Waals surface area contributed by atoms with Gasteiger partial charge in [-0.2, -0.15) is 0 Å². The predicted octanol–water partition coefficient (Wildman–Crippen LogP) is 13.4. The molecule has 0 amide bonds. The molecule has 0 N–H and O–H groups in total. The first-order chi connectivity index (χ1) is 23.3. The van der Waals surface area contributed by atoms with Crippen LogP contribution in [0, 0.1) is 0 Å². The second-order valence-corrected chi connectivity index (χ2v) is 13.5. The highest BCUT2D eigenvalue weighted by molar-refractivity contribution is 7.99. The number of rotatable bonds is 3. The van der Waals surface area contributed by atoms with Crippen LogP contribution in [0.1, 0.15) is 0 Å². The molecule has 1 aliphatic rings. The predicted molar refractivity (Wildman–Crippen MR) is 202 cm³/mol. The van der Waals surface area contributed by atoms with Crippen LogP contribution in [-0.2, 0) is 0 Å². The molecular formula is C46H28S. The zero-order chi connectivity index (χ0) is 30.9. The Morgan fingerprint density at radius 3 is 1.57 bits per heavy atom. The van der Waals surface area contributed by atoms with Crippen molar-refractivity contribution in [3.8, 4) is 44.5 Å². The molecule has 0 nitrogen and oxygen atoms in total. The van der Waals surface area contributed by atoms with Gasteiger partial charge in [-0.25, -0.2) is 0 Å². The summed E-state index contributed by atoms with van der Waals surface area (Å²) in [4.78, 5) is 2.65. The monoisotopic (exact) mass is 612 g/mol. The molecule has 0 saturated heterocycles. The first-order valence-corrected chi connectivity index (χ1v) is 17.0. The van der Waals surface area contributed by atoms with E-state index in [2.05, 4.69) is 170 Å². The molecule has 0 spiro atoms. The third-order valence-corrected chi connectivity index (χ3v) is 11.0. The molecule has 218 valence electrons. The maximum absolute atomic E-state index is 2.42. The molecule has 1 heterocycles. The fourth-order valence-electron chi connectivity index (χ4n) is 7.67. The lowest BCUT2D eigenvalue weighted by Gasteiger charge is -2.22. The summed E-state index contributed by atoms with van der Waals surface area (Å²) >= 11 is 1.89. The zero-order valence-corrected chi connectivity index (χ0v) is 26.4. The van der Waals surface area contributed by atoms with Crippen LogP contribution in [0.2, 0.25) is 0 Å². The maximum atomic E-state index is 2.42. The topological polar surface area (TPSA) is 0 Å². The molecule has 47 heavy (non-hydrogen) atoms. The van der Waals surface area contributed by atoms with E-state index in [-0.39, 0.29) is 0 Å². The van der Waals surface area contributed by atoms with E-state index in [0.717, 1.165) is 0 Å². The van der Waals surface area contributed by atoms with Gasteiger partial charge in [0.25, 0.3) is 0 Å². The van der Waals surface area contributed by atoms with E-state index in [1.807, 2.05) is 11.8 Å². The van der Waals surface area contributed by atoms with Crippen molar-refractivity contribution in [2.45, 2.75) is 9.79 Å². The van der Waals surface area contributed by atoms with Gasteiger partial charge >= 0.3 is 0 Å². The zero-order valence-electron chi connectivity index (χ0n) is 25.6. The van der Waals surface area contributed by atoms with Crippen molar-refractivity contribution < 1.29 is 0 Å². The van der Waals surface area contributed by atoms with Gasteiger partial charge in [0, 0.05) is 15.2 Å². The van der Waals surface area contributed by atoms with Crippen LogP contribution in [0.25, 0.3) is 87.6 Å². The third-order valence-electron chi connectivity index (χ3n) is 9.83. The number of fused-ring (bicyclic) bond motifs is 5. The lowest BCUT2D eigenvalue weighted by atomic mass is 9.85. The molecular weight excluding hydrogens is 585 g/mol. The summed E-state index contributed by atoms with van der Waals surface area (Å²) in [5.74, 6) is 0. The Morgan fingerprint density at radius 2 is 0.851 bits per heavy atom. The summed E-state index contributed by atoms with van der Waals surface area (Å²) in [7, 11) is 0. The van der Waals surface area contributed by atoms with Gasteiger partial charge in [0.15, 0.2) is 0 Å². The van der Waals surface area contributed by atoms with Crippen LogP contribution in [-0.4, -0.2) is 0 Å². The molecule has 0 bridgehead atoms. The van der Waals surface area contributed by atoms with Crippen LogP contribution in [0.3, 0.4) is 0 Å². The van der Waals surface area contributed by atoms with Crippen LogP contribution in [0.4, 0.5) is 0 Å². The average molecular weight is 613 g/mol. The van der Waals surface area contributed by atoms with Crippen LogP contribution in [0.5, 0.6) is 0 Å². The van der Waals surface area contributed by atoms with E-state index in [0.29, 0.717) is 0 Å². The number of hydrogen-bond acceptors (Lipinski definition) is 1. The van der Waals surface area contributed by atoms with E-state index in [1.165, 1.54) is 97.4 Å². The minimum absolute atomic E-state index is 1.23. The highest BCUT2D eigenvalue weighted by Gasteiger charge is 2.21. The first kappa shape index (κ1) is 26.6. The second-order valence-electron chi connectivity index (χ2n) is 12.5. The van der Waals surface area contributed by atoms with Crippen LogP contribution in [0.15, 0.2) is 180 Å². The second kappa shape index (κ2) is 10.5. The van der Waals surface area contributed by atoms with Gasteiger partial charge in [0.2, 0.25) is 0 Å². The van der Waals surface area contributed by atoms with Crippen molar-refractivity contribution in [3.05, 3.63) is 170 Å². The van der Waals surface area contributed by atoms with Crippen molar-refractivity contribution >= 4 is 54.9 Å². The Kier molecular flexibility index (Phi) is 5.91. The third kappa shape index (κ3) is 4.17. The summed E-state index contributed by atoms with van der Waals surface area (Å²) in [6.45, 7) is 0. The normalized spacial score (nSPS) is 12.2. The minimum atomic E-state index is 1.23. The number of hydrogen-bond donors (Lipinski definition) is 0. The largest absolute Gasteiger partial charge is 0.0888 e. The fourth-order valence-corrected chi connectivity index (χ4v) is 8.86. The summed E-state index contributed by atoms with van der Waals surface area (Å²) in [6, 6.07) is 62.8. The van der Waals surface area contributed by atoms with E-state index < -0.39 is 0 Å². The quantitative estimate of drug-likeness (QED) is 0.179. The summed E-state index contributed by atoms with van der Waals surface area (Å²) < 4.78 is 0. The van der Waals surface area contributed by atoms with Crippen molar-refractivity contribution in [1.29, 1.82) is 0 Å². The molecule has 0 aliphatic carbocycles. The smallest absolute Gasteiger partial charge is 0.0207 e. The Morgan fingerprint density at radius 1 is 0.298 bits per heavy atom. The molecule has 9 aromatic carbocycles. The molecule has 0 fully saturated rings. The molecule has 0 radical (unpaired) electrons. The molecule has 0 aromatic heterocycles. The summed E-state index contributed by atoms with van der Waals surface area (Å²) in [5.41, 5.74) is 10.2. The van der Waals surface area contributed by atoms with E-state index in [9.17, 15) is 0 Å². The lowest BCUT2D eigenvalue weighted by Crippen LogP contribution is -1.95. The van der Waals surface area contributed by atoms with Crippen LogP contribution < -0.4 is 0 Å². The molecule has 10 rings (SSSR count). The van der Waals surface area contributed by atoms with Gasteiger partial charge in [0.05, 0.1) is 0 Å². The SMILES string of the molecule is c1ccc2cc(-c3ccc(-c4c5ccccc5c(-c5ccc6c(c5)Sc5cccc7cccc-6c57)c5ccccc45)cc3)ccc2c1. The first-order valence-electron chi connectivity index (χ1n) is 16.2. The fraction of sp³-hybridized carbons (Fsp3) is 0. The van der Waals surface area contributed by atoms with Crippen molar-refractivity contribution in [2.75, 3.05) is 0 Å². The Balaban J connectivity index is 1.14. The molecule has 1 heteroatoms. The maximum Gasteiger partial charge on any atom is 0.0207 e. The Labute approximate surface area is 278 Å². The van der Waals surface area contributed by atoms with E-state index in [1.54, 1.807) is 0 Å². The van der Waals surface area contributed by atoms with Gasteiger partial charge in [-0.1, -0.05) is 163 Å². The summed E-state index contributed by atoms with van der Waals surface area (Å²) in [5, 5.41) is 10.3. The highest BCUT2D eigenvalue weighted by atomic mass is 32.2. The molecule has 1 aliphatic heterocycles. The van der Waals surface area contributed by atoms with Gasteiger partial charge in [-0.3, -0.25) is 0 Å². The Bertz CT molecular complexity index is 2640. The van der Waals surface area contributed by atoms with Crippen LogP contribution >= 0.6 is 11.8 Å². The molecule has 0 unspecified atom stereocenters. The van der Waals surface area contributed by atoms with Gasteiger partial charge < -0.3 is 0 Å². The van der Waals surface area contributed by atoms with Gasteiger partial charge in [-0.15, -0.1) is 0 Å². The molecule has 9 aromatic rings. The van der Waals surface area contributed by atoms with Gasteiger partial charge in [-0.05, 0) is 100 Å². The lowest BCUT2D eigenvalue weighted by molar-refractivity contribution is 1.40. The average Bonchev–Trinajstić information content (AvgIpc) is 3.14. The number of benzene rings is 9. The highest BCUT2D eigenvalue weighted by Crippen LogP contribution is 2.50. The van der Waals surface area contributed by atoms with Crippen molar-refractivity contribution in [2.24, 2.45) is 0 Å². The van der Waals surface area contributed by atoms with Gasteiger partial charge in [0.1, 0.15) is 0 Å². The summed E-state index contributed by atoms with van der Waals surface area (Å²) in [6.07, 6.45) is 0.